The Bertz CT molecular complexity index is 1330. The van der Waals surface area contributed by atoms with Gasteiger partial charge >= 0.3 is 11.9 Å². The molecule has 3 aromatic carbocycles. The first-order chi connectivity index (χ1) is 21.6. The summed E-state index contributed by atoms with van der Waals surface area (Å²) in [5.74, 6) is -0.521. The van der Waals surface area contributed by atoms with E-state index in [1.165, 1.54) is 6.92 Å². The summed E-state index contributed by atoms with van der Waals surface area (Å²) in [6, 6.07) is 21.1. The van der Waals surface area contributed by atoms with E-state index in [1.54, 1.807) is 42.5 Å². The van der Waals surface area contributed by atoms with Crippen molar-refractivity contribution in [1.29, 1.82) is 0 Å². The smallest absolute Gasteiger partial charge is 0.339 e. The molecule has 10 heteroatoms. The predicted octanol–water partition coefficient (Wildman–Crippen LogP) is 5.69. The number of nitrogens with one attached hydrogen (secondary N) is 1. The van der Waals surface area contributed by atoms with Crippen LogP contribution in [-0.2, 0) is 27.4 Å². The fourth-order valence-corrected chi connectivity index (χ4v) is 4.29. The van der Waals surface area contributed by atoms with Crippen molar-refractivity contribution in [3.05, 3.63) is 89.5 Å². The minimum Gasteiger partial charge on any atom is -0.491 e. The molecule has 0 aliphatic heterocycles. The van der Waals surface area contributed by atoms with Gasteiger partial charge in [-0.2, -0.15) is 0 Å². The Hall–Kier alpha value is -4.57. The molecule has 0 aliphatic carbocycles. The van der Waals surface area contributed by atoms with Gasteiger partial charge in [-0.25, -0.2) is 9.59 Å². The van der Waals surface area contributed by atoms with Crippen LogP contribution in [0.1, 0.15) is 68.9 Å². The van der Waals surface area contributed by atoms with Gasteiger partial charge in [0.15, 0.2) is 6.23 Å². The molecular weight excluding hydrogens is 574 g/mol. The minimum absolute atomic E-state index is 0.230. The molecule has 0 spiro atoms. The summed E-state index contributed by atoms with van der Waals surface area (Å²) in [7, 11) is 0. The average Bonchev–Trinajstić information content (AvgIpc) is 3.02. The Balaban J connectivity index is 0.000000314. The van der Waals surface area contributed by atoms with Crippen LogP contribution in [0, 0.1) is 0 Å². The van der Waals surface area contributed by atoms with E-state index in [4.69, 9.17) is 25.1 Å². The number of ether oxygens (including phenoxy) is 3. The molecule has 0 fully saturated rings. The molecule has 0 aliphatic rings. The number of benzene rings is 3. The number of esters is 1. The van der Waals surface area contributed by atoms with E-state index in [-0.39, 0.29) is 24.5 Å². The Kier molecular flexibility index (Phi) is 16.0. The quantitative estimate of drug-likeness (QED) is 0.0796. The number of carbonyl (C=O) groups is 3. The van der Waals surface area contributed by atoms with Crippen LogP contribution in [0.3, 0.4) is 0 Å². The number of rotatable bonds is 16. The molecule has 1 amide bonds. The first-order valence-electron chi connectivity index (χ1n) is 15.3. The van der Waals surface area contributed by atoms with E-state index in [1.807, 2.05) is 51.1 Å². The summed E-state index contributed by atoms with van der Waals surface area (Å²) in [6.45, 7) is 12.1. The fourth-order valence-electron chi connectivity index (χ4n) is 4.29. The molecule has 4 N–H and O–H groups in total. The van der Waals surface area contributed by atoms with Gasteiger partial charge in [-0.05, 0) is 67.9 Å². The lowest BCUT2D eigenvalue weighted by molar-refractivity contribution is -0.141. The van der Waals surface area contributed by atoms with Crippen molar-refractivity contribution >= 4 is 23.5 Å². The molecule has 0 bridgehead atoms. The molecule has 2 atom stereocenters. The zero-order valence-corrected chi connectivity index (χ0v) is 27.0. The molecule has 0 radical (unpaired) electrons. The van der Waals surface area contributed by atoms with Crippen LogP contribution < -0.4 is 20.5 Å². The highest BCUT2D eigenvalue weighted by molar-refractivity contribution is 5.90. The van der Waals surface area contributed by atoms with E-state index < -0.39 is 12.0 Å². The Morgan fingerprint density at radius 1 is 0.911 bits per heavy atom. The summed E-state index contributed by atoms with van der Waals surface area (Å²) in [5.41, 5.74) is 8.76. The third-order valence-corrected chi connectivity index (χ3v) is 6.90. The normalized spacial score (nSPS) is 11.9. The third-order valence-electron chi connectivity index (χ3n) is 6.90. The second-order valence-corrected chi connectivity index (χ2v) is 10.4. The summed E-state index contributed by atoms with van der Waals surface area (Å²) in [4.78, 5) is 36.5. The summed E-state index contributed by atoms with van der Waals surface area (Å²) >= 11 is 0. The number of amides is 1. The lowest BCUT2D eigenvalue weighted by Crippen LogP contribution is -2.41. The maximum absolute atomic E-state index is 12.2. The largest absolute Gasteiger partial charge is 0.491 e. The number of carbonyl (C=O) groups excluding carboxylic acids is 2. The van der Waals surface area contributed by atoms with Gasteiger partial charge in [0.1, 0.15) is 24.1 Å². The van der Waals surface area contributed by atoms with Gasteiger partial charge in [-0.3, -0.25) is 9.69 Å². The van der Waals surface area contributed by atoms with E-state index in [0.29, 0.717) is 36.0 Å². The number of hydrogen-bond acceptors (Lipinski definition) is 8. The molecular formula is C35H47N3O7. The van der Waals surface area contributed by atoms with E-state index >= 15 is 0 Å². The lowest BCUT2D eigenvalue weighted by atomic mass is 10.1. The summed E-state index contributed by atoms with van der Waals surface area (Å²) in [6.07, 6.45) is 1.97. The van der Waals surface area contributed by atoms with Gasteiger partial charge in [-0.1, -0.05) is 69.7 Å². The van der Waals surface area contributed by atoms with Crippen LogP contribution in [-0.4, -0.2) is 59.8 Å². The molecule has 10 nitrogen and oxygen atoms in total. The van der Waals surface area contributed by atoms with Crippen LogP contribution in [0.15, 0.2) is 72.8 Å². The zero-order valence-electron chi connectivity index (χ0n) is 27.0. The number of anilines is 1. The van der Waals surface area contributed by atoms with Gasteiger partial charge in [0, 0.05) is 13.3 Å². The van der Waals surface area contributed by atoms with Crippen molar-refractivity contribution in [2.45, 2.75) is 72.8 Å². The van der Waals surface area contributed by atoms with Crippen LogP contribution in [0.5, 0.6) is 11.5 Å². The second-order valence-electron chi connectivity index (χ2n) is 10.4. The molecule has 45 heavy (non-hydrogen) atoms. The predicted molar refractivity (Wildman–Crippen MR) is 175 cm³/mol. The molecule has 3 aromatic rings. The molecule has 0 saturated heterocycles. The number of carboxylic acids is 1. The van der Waals surface area contributed by atoms with Crippen molar-refractivity contribution in [2.24, 2.45) is 0 Å². The highest BCUT2D eigenvalue weighted by Crippen LogP contribution is 2.24. The van der Waals surface area contributed by atoms with Crippen molar-refractivity contribution < 1.29 is 33.7 Å². The van der Waals surface area contributed by atoms with E-state index in [0.717, 1.165) is 37.1 Å². The molecule has 244 valence electrons. The Labute approximate surface area is 266 Å². The Morgan fingerprint density at radius 3 is 2.16 bits per heavy atom. The maximum Gasteiger partial charge on any atom is 0.339 e. The summed E-state index contributed by atoms with van der Waals surface area (Å²) in [5, 5.41) is 11.5. The van der Waals surface area contributed by atoms with E-state index in [9.17, 15) is 14.4 Å². The highest BCUT2D eigenvalue weighted by Gasteiger charge is 2.19. The third kappa shape index (κ3) is 13.3. The monoisotopic (exact) mass is 621 g/mol. The van der Waals surface area contributed by atoms with Crippen molar-refractivity contribution in [3.63, 3.8) is 0 Å². The van der Waals surface area contributed by atoms with Crippen LogP contribution in [0.4, 0.5) is 5.69 Å². The fraction of sp³-hybridized carbons (Fsp3) is 0.400. The summed E-state index contributed by atoms with van der Waals surface area (Å²) < 4.78 is 16.8. The van der Waals surface area contributed by atoms with Crippen molar-refractivity contribution in [1.82, 2.24) is 10.2 Å². The number of nitrogens with two attached hydrogens (primary N) is 1. The number of carboxylic acid groups (broad SMARTS) is 1. The molecule has 0 heterocycles. The van der Waals surface area contributed by atoms with Crippen LogP contribution in [0.25, 0.3) is 0 Å². The topological polar surface area (TPSA) is 140 Å². The average molecular weight is 622 g/mol. The van der Waals surface area contributed by atoms with Crippen LogP contribution >= 0.6 is 0 Å². The van der Waals surface area contributed by atoms with Gasteiger partial charge < -0.3 is 30.4 Å². The molecule has 0 saturated carbocycles. The highest BCUT2D eigenvalue weighted by atomic mass is 16.6. The lowest BCUT2D eigenvalue weighted by Gasteiger charge is -2.25. The standard InChI is InChI=1S/C18H19NO4.C17H28N2O3/c1-13(20)19-17(18(21)22)11-14-7-9-16(10-8-14)23-12-15-5-3-2-4-6-15;1-5-8-11-21-16-12-14(9-10-15(16)18)17(20)22-13(4)19(6-2)7-3/h2-10,17H,11-12H2,1H3,(H,19,20)(H,21,22);9-10,12-13H,5-8,11,18H2,1-4H3/t17-;/m1./s1. The maximum atomic E-state index is 12.2. The molecule has 0 aromatic heterocycles. The second kappa shape index (κ2) is 19.7. The zero-order chi connectivity index (χ0) is 33.2. The minimum atomic E-state index is -1.05. The number of hydrogen-bond donors (Lipinski definition) is 3. The number of unbranched alkanes of at least 4 members (excludes halogenated alkanes) is 1. The molecule has 3 rings (SSSR count). The Morgan fingerprint density at radius 2 is 1.58 bits per heavy atom. The number of nitrogens with zero attached hydrogens (tertiary/aromatic N) is 1. The van der Waals surface area contributed by atoms with Gasteiger partial charge in [0.05, 0.1) is 17.9 Å². The first kappa shape index (κ1) is 36.6. The SMILES string of the molecule is CC(=O)N[C@H](Cc1ccc(OCc2ccccc2)cc1)C(=O)O.CCCCOc1cc(C(=O)OC(C)N(CC)CC)ccc1N. The number of aliphatic carboxylic acids is 1. The van der Waals surface area contributed by atoms with Crippen molar-refractivity contribution in [2.75, 3.05) is 25.4 Å². The van der Waals surface area contributed by atoms with Crippen molar-refractivity contribution in [3.8, 4) is 11.5 Å². The van der Waals surface area contributed by atoms with Gasteiger partial charge in [0.25, 0.3) is 0 Å². The van der Waals surface area contributed by atoms with Gasteiger partial charge in [-0.15, -0.1) is 0 Å². The van der Waals surface area contributed by atoms with E-state index in [2.05, 4.69) is 17.1 Å². The first-order valence-corrected chi connectivity index (χ1v) is 15.3. The number of nitrogen functional groups attached to an aromatic ring is 1. The van der Waals surface area contributed by atoms with Crippen LogP contribution in [0.2, 0.25) is 0 Å². The van der Waals surface area contributed by atoms with Gasteiger partial charge in [0.2, 0.25) is 5.91 Å². The molecule has 1 unspecified atom stereocenters.